The smallest absolute Gasteiger partial charge is 0.372 e. The van der Waals surface area contributed by atoms with E-state index in [2.05, 4.69) is 20.3 Å². The van der Waals surface area contributed by atoms with Crippen molar-refractivity contribution in [3.05, 3.63) is 29.3 Å². The highest BCUT2D eigenvalue weighted by atomic mass is 32.2. The van der Waals surface area contributed by atoms with E-state index in [4.69, 9.17) is 0 Å². The lowest BCUT2D eigenvalue weighted by molar-refractivity contribution is -0.173. The maximum Gasteiger partial charge on any atom is 0.411 e. The highest BCUT2D eigenvalue weighted by molar-refractivity contribution is 8.01. The summed E-state index contributed by atoms with van der Waals surface area (Å²) >= 11 is 2.88. The number of hydrogen-bond donors (Lipinski definition) is 1. The average Bonchev–Trinajstić information content (AvgIpc) is 2.94. The maximum atomic E-state index is 11.9. The summed E-state index contributed by atoms with van der Waals surface area (Å²) in [7, 11) is 0. The van der Waals surface area contributed by atoms with Crippen molar-refractivity contribution in [3.8, 4) is 0 Å². The molecule has 9 heteroatoms. The van der Waals surface area contributed by atoms with E-state index >= 15 is 0 Å². The number of nitrogens with one attached hydrogen (secondary N) is 1. The molecule has 0 spiro atoms. The van der Waals surface area contributed by atoms with Gasteiger partial charge in [0.2, 0.25) is 5.13 Å². The highest BCUT2D eigenvalue weighted by Crippen LogP contribution is 2.29. The second-order valence-corrected chi connectivity index (χ2v) is 7.43. The second-order valence-electron chi connectivity index (χ2n) is 5.12. The fourth-order valence-corrected chi connectivity index (χ4v) is 3.58. The monoisotopic (exact) mass is 377 g/mol. The molecule has 0 aliphatic rings. The van der Waals surface area contributed by atoms with E-state index in [9.17, 15) is 13.2 Å². The molecule has 2 rings (SSSR count). The minimum Gasteiger partial charge on any atom is -0.372 e. The standard InChI is InChI=1S/C15H18F3N3OS2/c1-10-5-3-6-12(11(10)2)19-13-20-21-14(24-13)23-8-4-7-22-9-15(16,17)18/h3,5-6H,4,7-9H2,1-2H3,(H,19,20). The summed E-state index contributed by atoms with van der Waals surface area (Å²) in [6.07, 6.45) is -3.74. The number of alkyl halides is 3. The zero-order valence-corrected chi connectivity index (χ0v) is 14.9. The Bertz CT molecular complexity index is 662. The summed E-state index contributed by atoms with van der Waals surface area (Å²) < 4.78 is 41.1. The number of aromatic nitrogens is 2. The number of halogens is 3. The summed E-state index contributed by atoms with van der Waals surface area (Å²) in [5, 5.41) is 12.1. The van der Waals surface area contributed by atoms with Gasteiger partial charge in [-0.3, -0.25) is 0 Å². The lowest BCUT2D eigenvalue weighted by atomic mass is 10.1. The van der Waals surface area contributed by atoms with Crippen LogP contribution in [0.5, 0.6) is 0 Å². The van der Waals surface area contributed by atoms with E-state index in [-0.39, 0.29) is 6.61 Å². The van der Waals surface area contributed by atoms with Gasteiger partial charge in [-0.25, -0.2) is 0 Å². The Hall–Kier alpha value is -1.32. The number of ether oxygens (including phenoxy) is 1. The first-order chi connectivity index (χ1) is 11.3. The SMILES string of the molecule is Cc1cccc(Nc2nnc(SCCCOCC(F)(F)F)s2)c1C. The number of aryl methyl sites for hydroxylation is 1. The van der Waals surface area contributed by atoms with Gasteiger partial charge < -0.3 is 10.1 Å². The zero-order valence-electron chi connectivity index (χ0n) is 13.3. The molecule has 1 heterocycles. The van der Waals surface area contributed by atoms with Crippen molar-refractivity contribution in [3.63, 3.8) is 0 Å². The quantitative estimate of drug-likeness (QED) is 0.520. The van der Waals surface area contributed by atoms with Gasteiger partial charge >= 0.3 is 6.18 Å². The van der Waals surface area contributed by atoms with Gasteiger partial charge in [0, 0.05) is 18.0 Å². The minimum atomic E-state index is -4.26. The molecule has 0 saturated heterocycles. The third-order valence-corrected chi connectivity index (χ3v) is 5.24. The molecule has 0 radical (unpaired) electrons. The molecule has 0 aliphatic carbocycles. The van der Waals surface area contributed by atoms with Gasteiger partial charge in [0.25, 0.3) is 0 Å². The van der Waals surface area contributed by atoms with E-state index in [1.54, 1.807) is 0 Å². The van der Waals surface area contributed by atoms with E-state index in [0.717, 1.165) is 15.6 Å². The van der Waals surface area contributed by atoms with Crippen LogP contribution in [0.3, 0.4) is 0 Å². The summed E-state index contributed by atoms with van der Waals surface area (Å²) in [4.78, 5) is 0. The highest BCUT2D eigenvalue weighted by Gasteiger charge is 2.27. The molecule has 0 unspecified atom stereocenters. The molecule has 1 aromatic heterocycles. The lowest BCUT2D eigenvalue weighted by Gasteiger charge is -2.08. The van der Waals surface area contributed by atoms with E-state index in [1.807, 2.05) is 32.0 Å². The average molecular weight is 377 g/mol. The molecular weight excluding hydrogens is 359 g/mol. The van der Waals surface area contributed by atoms with Crippen molar-refractivity contribution >= 4 is 33.9 Å². The van der Waals surface area contributed by atoms with Gasteiger partial charge in [0.1, 0.15) is 6.61 Å². The fraction of sp³-hybridized carbons (Fsp3) is 0.467. The number of rotatable bonds is 8. The van der Waals surface area contributed by atoms with Crippen LogP contribution >= 0.6 is 23.1 Å². The van der Waals surface area contributed by atoms with Crippen LogP contribution in [-0.4, -0.2) is 35.3 Å². The van der Waals surface area contributed by atoms with Crippen LogP contribution in [0.15, 0.2) is 22.5 Å². The first kappa shape index (κ1) is 19.0. The summed E-state index contributed by atoms with van der Waals surface area (Å²) in [5.74, 6) is 0.635. The van der Waals surface area contributed by atoms with Crippen LogP contribution in [0.2, 0.25) is 0 Å². The van der Waals surface area contributed by atoms with Crippen LogP contribution in [0, 0.1) is 13.8 Å². The molecule has 132 valence electrons. The third kappa shape index (κ3) is 6.29. The van der Waals surface area contributed by atoms with Crippen LogP contribution in [0.1, 0.15) is 17.5 Å². The Morgan fingerprint density at radius 2 is 2.04 bits per heavy atom. The Balaban J connectivity index is 1.74. The van der Waals surface area contributed by atoms with Crippen molar-refractivity contribution in [2.75, 3.05) is 24.3 Å². The molecule has 0 aliphatic heterocycles. The van der Waals surface area contributed by atoms with Crippen molar-refractivity contribution in [2.24, 2.45) is 0 Å². The first-order valence-electron chi connectivity index (χ1n) is 7.29. The first-order valence-corrected chi connectivity index (χ1v) is 9.09. The zero-order chi connectivity index (χ0) is 17.6. The summed E-state index contributed by atoms with van der Waals surface area (Å²) in [6.45, 7) is 2.97. The second kappa shape index (κ2) is 8.68. The van der Waals surface area contributed by atoms with Gasteiger partial charge in [0.05, 0.1) is 0 Å². The number of anilines is 2. The topological polar surface area (TPSA) is 47.0 Å². The Kier molecular flexibility index (Phi) is 6.88. The molecule has 2 aromatic rings. The number of hydrogen-bond acceptors (Lipinski definition) is 6. The predicted octanol–water partition coefficient (Wildman–Crippen LogP) is 4.96. The molecule has 1 N–H and O–H groups in total. The molecule has 0 saturated carbocycles. The van der Waals surface area contributed by atoms with Gasteiger partial charge in [-0.15, -0.1) is 10.2 Å². The molecular formula is C15H18F3N3OS2. The van der Waals surface area contributed by atoms with E-state index < -0.39 is 12.8 Å². The van der Waals surface area contributed by atoms with Crippen molar-refractivity contribution < 1.29 is 17.9 Å². The van der Waals surface area contributed by atoms with E-state index in [1.165, 1.54) is 28.7 Å². The van der Waals surface area contributed by atoms with Crippen LogP contribution in [0.25, 0.3) is 0 Å². The lowest BCUT2D eigenvalue weighted by Crippen LogP contribution is -2.17. The molecule has 0 fully saturated rings. The Morgan fingerprint density at radius 1 is 1.25 bits per heavy atom. The normalized spacial score (nSPS) is 11.7. The van der Waals surface area contributed by atoms with Crippen molar-refractivity contribution in [2.45, 2.75) is 30.8 Å². The van der Waals surface area contributed by atoms with Gasteiger partial charge in [-0.1, -0.05) is 35.2 Å². The number of thioether (sulfide) groups is 1. The summed E-state index contributed by atoms with van der Waals surface area (Å²) in [6, 6.07) is 6.00. The number of nitrogens with zero attached hydrogens (tertiary/aromatic N) is 2. The molecule has 0 atom stereocenters. The van der Waals surface area contributed by atoms with Crippen molar-refractivity contribution in [1.82, 2.24) is 10.2 Å². The Morgan fingerprint density at radius 3 is 2.79 bits per heavy atom. The van der Waals surface area contributed by atoms with Crippen molar-refractivity contribution in [1.29, 1.82) is 0 Å². The molecule has 24 heavy (non-hydrogen) atoms. The largest absolute Gasteiger partial charge is 0.411 e. The summed E-state index contributed by atoms with van der Waals surface area (Å²) in [5.41, 5.74) is 3.34. The van der Waals surface area contributed by atoms with Crippen LogP contribution in [-0.2, 0) is 4.74 Å². The van der Waals surface area contributed by atoms with Crippen LogP contribution in [0.4, 0.5) is 24.0 Å². The number of benzene rings is 1. The van der Waals surface area contributed by atoms with Crippen LogP contribution < -0.4 is 5.32 Å². The van der Waals surface area contributed by atoms with Gasteiger partial charge in [0.15, 0.2) is 4.34 Å². The van der Waals surface area contributed by atoms with Gasteiger partial charge in [-0.2, -0.15) is 13.2 Å². The Labute approximate surface area is 146 Å². The molecule has 0 bridgehead atoms. The molecule has 1 aromatic carbocycles. The molecule has 4 nitrogen and oxygen atoms in total. The fourth-order valence-electron chi connectivity index (χ4n) is 1.83. The maximum absolute atomic E-state index is 11.9. The molecule has 0 amide bonds. The van der Waals surface area contributed by atoms with E-state index in [0.29, 0.717) is 17.3 Å². The third-order valence-electron chi connectivity index (χ3n) is 3.18. The minimum absolute atomic E-state index is 0.0822. The van der Waals surface area contributed by atoms with Gasteiger partial charge in [-0.05, 0) is 37.5 Å². The predicted molar refractivity (Wildman–Crippen MR) is 91.3 cm³/mol.